The maximum atomic E-state index is 11.0. The second-order valence-corrected chi connectivity index (χ2v) is 4.12. The number of rotatable bonds is 11. The summed E-state index contributed by atoms with van der Waals surface area (Å²) in [5.74, 6) is 1.22. The molecule has 0 saturated carbocycles. The van der Waals surface area contributed by atoms with Crippen molar-refractivity contribution >= 4 is 6.29 Å². The van der Waals surface area contributed by atoms with Crippen molar-refractivity contribution in [2.24, 2.45) is 0 Å². The predicted octanol–water partition coefficient (Wildman–Crippen LogP) is 2.33. The Hall–Kier alpha value is -1.59. The molecule has 1 aromatic rings. The molecule has 0 unspecified atom stereocenters. The topological polar surface area (TPSA) is 54.0 Å². The maximum Gasteiger partial charge on any atom is 0.153 e. The van der Waals surface area contributed by atoms with Crippen molar-refractivity contribution in [3.8, 4) is 11.5 Å². The summed E-state index contributed by atoms with van der Waals surface area (Å²) in [7, 11) is 1.62. The second-order valence-electron chi connectivity index (χ2n) is 4.12. The van der Waals surface area contributed by atoms with Gasteiger partial charge in [-0.15, -0.1) is 0 Å². The van der Waals surface area contributed by atoms with E-state index in [1.165, 1.54) is 0 Å². The molecule has 0 aliphatic carbocycles. The number of aldehydes is 1. The molecular formula is C15H22O5. The number of hydrogen-bond acceptors (Lipinski definition) is 5. The maximum absolute atomic E-state index is 11.0. The van der Waals surface area contributed by atoms with E-state index in [1.54, 1.807) is 25.3 Å². The summed E-state index contributed by atoms with van der Waals surface area (Å²) in [6.45, 7) is 4.58. The molecule has 0 aromatic heterocycles. The highest BCUT2D eigenvalue weighted by Gasteiger charge is 2.05. The average molecular weight is 282 g/mol. The molecule has 1 rings (SSSR count). The Bertz CT molecular complexity index is 392. The van der Waals surface area contributed by atoms with Gasteiger partial charge in [-0.3, -0.25) is 4.79 Å². The van der Waals surface area contributed by atoms with Crippen LogP contribution < -0.4 is 9.47 Å². The first-order valence-electron chi connectivity index (χ1n) is 6.73. The van der Waals surface area contributed by atoms with Crippen molar-refractivity contribution < 1.29 is 23.7 Å². The highest BCUT2D eigenvalue weighted by molar-refractivity contribution is 5.79. The molecule has 1 aromatic carbocycles. The Balaban J connectivity index is 2.46. The summed E-state index contributed by atoms with van der Waals surface area (Å²) in [4.78, 5) is 11.0. The van der Waals surface area contributed by atoms with Gasteiger partial charge in [0.2, 0.25) is 0 Å². The SMILES string of the molecule is CCCOc1ccc(C=O)c(OCCOCCOC)c1. The van der Waals surface area contributed by atoms with Gasteiger partial charge < -0.3 is 18.9 Å². The van der Waals surface area contributed by atoms with Crippen LogP contribution in [0, 0.1) is 0 Å². The van der Waals surface area contributed by atoms with Crippen molar-refractivity contribution in [1.82, 2.24) is 0 Å². The molecule has 0 radical (unpaired) electrons. The van der Waals surface area contributed by atoms with E-state index in [9.17, 15) is 4.79 Å². The fourth-order valence-corrected chi connectivity index (χ4v) is 1.50. The molecule has 0 heterocycles. The monoisotopic (exact) mass is 282 g/mol. The van der Waals surface area contributed by atoms with Crippen LogP contribution in [0.5, 0.6) is 11.5 Å². The summed E-state index contributed by atoms with van der Waals surface area (Å²) < 4.78 is 21.2. The first-order valence-corrected chi connectivity index (χ1v) is 6.73. The predicted molar refractivity (Wildman–Crippen MR) is 75.8 cm³/mol. The molecule has 0 bridgehead atoms. The second kappa shape index (κ2) is 10.2. The van der Waals surface area contributed by atoms with Crippen LogP contribution >= 0.6 is 0 Å². The largest absolute Gasteiger partial charge is 0.493 e. The number of methoxy groups -OCH3 is 1. The molecule has 0 aliphatic rings. The zero-order valence-corrected chi connectivity index (χ0v) is 12.1. The molecule has 0 N–H and O–H groups in total. The van der Waals surface area contributed by atoms with Crippen LogP contribution in [-0.4, -0.2) is 46.4 Å². The highest BCUT2D eigenvalue weighted by Crippen LogP contribution is 2.23. The Kier molecular flexibility index (Phi) is 8.42. The van der Waals surface area contributed by atoms with Crippen LogP contribution in [0.3, 0.4) is 0 Å². The van der Waals surface area contributed by atoms with Crippen molar-refractivity contribution in [3.63, 3.8) is 0 Å². The number of benzene rings is 1. The van der Waals surface area contributed by atoms with Crippen LogP contribution in [0.1, 0.15) is 23.7 Å². The third-order valence-electron chi connectivity index (χ3n) is 2.50. The quantitative estimate of drug-likeness (QED) is 0.460. The van der Waals surface area contributed by atoms with E-state index in [1.807, 2.05) is 6.92 Å². The summed E-state index contributed by atoms with van der Waals surface area (Å²) in [5, 5.41) is 0. The van der Waals surface area contributed by atoms with E-state index < -0.39 is 0 Å². The molecule has 0 fully saturated rings. The van der Waals surface area contributed by atoms with E-state index >= 15 is 0 Å². The van der Waals surface area contributed by atoms with E-state index in [0.717, 1.165) is 12.7 Å². The fraction of sp³-hybridized carbons (Fsp3) is 0.533. The van der Waals surface area contributed by atoms with E-state index in [4.69, 9.17) is 18.9 Å². The van der Waals surface area contributed by atoms with Crippen molar-refractivity contribution in [1.29, 1.82) is 0 Å². The van der Waals surface area contributed by atoms with Gasteiger partial charge in [-0.25, -0.2) is 0 Å². The molecule has 0 atom stereocenters. The highest BCUT2D eigenvalue weighted by atomic mass is 16.5. The summed E-state index contributed by atoms with van der Waals surface area (Å²) in [6.07, 6.45) is 1.70. The number of carbonyl (C=O) groups is 1. The lowest BCUT2D eigenvalue weighted by Gasteiger charge is -2.11. The van der Waals surface area contributed by atoms with Gasteiger partial charge in [0, 0.05) is 13.2 Å². The minimum atomic E-state index is 0.377. The Morgan fingerprint density at radius 3 is 2.55 bits per heavy atom. The number of hydrogen-bond donors (Lipinski definition) is 0. The lowest BCUT2D eigenvalue weighted by molar-refractivity contribution is 0.0542. The molecule has 0 amide bonds. The van der Waals surface area contributed by atoms with Crippen molar-refractivity contribution in [2.45, 2.75) is 13.3 Å². The molecular weight excluding hydrogens is 260 g/mol. The van der Waals surface area contributed by atoms with Gasteiger partial charge in [0.05, 0.1) is 32.0 Å². The molecule has 5 heteroatoms. The summed E-state index contributed by atoms with van der Waals surface area (Å²) in [5.41, 5.74) is 0.505. The molecule has 0 saturated heterocycles. The van der Waals surface area contributed by atoms with Crippen LogP contribution in [0.25, 0.3) is 0 Å². The first-order chi connectivity index (χ1) is 9.81. The summed E-state index contributed by atoms with van der Waals surface area (Å²) in [6, 6.07) is 5.19. The van der Waals surface area contributed by atoms with Gasteiger partial charge in [-0.05, 0) is 18.6 Å². The summed E-state index contributed by atoms with van der Waals surface area (Å²) >= 11 is 0. The van der Waals surface area contributed by atoms with Crippen LogP contribution in [-0.2, 0) is 9.47 Å². The van der Waals surface area contributed by atoms with Crippen molar-refractivity contribution in [2.75, 3.05) is 40.1 Å². The Labute approximate surface area is 119 Å². The minimum Gasteiger partial charge on any atom is -0.493 e. The fourth-order valence-electron chi connectivity index (χ4n) is 1.50. The molecule has 20 heavy (non-hydrogen) atoms. The van der Waals surface area contributed by atoms with Gasteiger partial charge >= 0.3 is 0 Å². The lowest BCUT2D eigenvalue weighted by atomic mass is 10.2. The smallest absolute Gasteiger partial charge is 0.153 e. The van der Waals surface area contributed by atoms with Gasteiger partial charge in [-0.2, -0.15) is 0 Å². The lowest BCUT2D eigenvalue weighted by Crippen LogP contribution is -2.10. The third kappa shape index (κ3) is 6.04. The molecule has 5 nitrogen and oxygen atoms in total. The van der Waals surface area contributed by atoms with Gasteiger partial charge in [-0.1, -0.05) is 6.92 Å². The van der Waals surface area contributed by atoms with E-state index in [0.29, 0.717) is 50.1 Å². The average Bonchev–Trinajstić information content (AvgIpc) is 2.48. The van der Waals surface area contributed by atoms with Crippen LogP contribution in [0.4, 0.5) is 0 Å². The van der Waals surface area contributed by atoms with Gasteiger partial charge in [0.15, 0.2) is 6.29 Å². The molecule has 112 valence electrons. The normalized spacial score (nSPS) is 10.3. The molecule has 0 aliphatic heterocycles. The zero-order valence-electron chi connectivity index (χ0n) is 12.1. The van der Waals surface area contributed by atoms with Gasteiger partial charge in [0.1, 0.15) is 18.1 Å². The zero-order chi connectivity index (χ0) is 14.6. The minimum absolute atomic E-state index is 0.377. The van der Waals surface area contributed by atoms with Crippen LogP contribution in [0.15, 0.2) is 18.2 Å². The van der Waals surface area contributed by atoms with E-state index in [2.05, 4.69) is 0 Å². The van der Waals surface area contributed by atoms with Crippen LogP contribution in [0.2, 0.25) is 0 Å². The van der Waals surface area contributed by atoms with E-state index in [-0.39, 0.29) is 0 Å². The molecule has 0 spiro atoms. The first kappa shape index (κ1) is 16.5. The Morgan fingerprint density at radius 1 is 1.05 bits per heavy atom. The Morgan fingerprint density at radius 2 is 1.85 bits per heavy atom. The third-order valence-corrected chi connectivity index (χ3v) is 2.50. The van der Waals surface area contributed by atoms with Crippen molar-refractivity contribution in [3.05, 3.63) is 23.8 Å². The number of carbonyl (C=O) groups excluding carboxylic acids is 1. The van der Waals surface area contributed by atoms with Gasteiger partial charge in [0.25, 0.3) is 0 Å². The standard InChI is InChI=1S/C15H22O5/c1-3-6-19-14-5-4-13(12-16)15(11-14)20-10-9-18-8-7-17-2/h4-5,11-12H,3,6-10H2,1-2H3. The number of ether oxygens (including phenoxy) is 4.